The first-order valence-electron chi connectivity index (χ1n) is 6.26. The average molecular weight is 276 g/mol. The summed E-state index contributed by atoms with van der Waals surface area (Å²) in [5.74, 6) is -0.259. The molecule has 1 unspecified atom stereocenters. The molecule has 0 aromatic carbocycles. The Morgan fingerprint density at radius 2 is 2.00 bits per heavy atom. The van der Waals surface area contributed by atoms with Gasteiger partial charge >= 0.3 is 12.0 Å². The standard InChI is InChI=1S/C12H24N2O3S/c1-5-9(3)14(6-2)12(17)13-10(11(15)16)7-8-18-4/h9-10H,5-8H2,1-4H3,(H,13,17)(H,15,16)/t9?,10-/m1/s1. The summed E-state index contributed by atoms with van der Waals surface area (Å²) in [6.07, 6.45) is 3.21. The van der Waals surface area contributed by atoms with E-state index in [0.717, 1.165) is 6.42 Å². The molecule has 0 rings (SSSR count). The van der Waals surface area contributed by atoms with Crippen molar-refractivity contribution in [3.8, 4) is 0 Å². The van der Waals surface area contributed by atoms with E-state index in [-0.39, 0.29) is 12.1 Å². The van der Waals surface area contributed by atoms with E-state index in [1.54, 1.807) is 16.7 Å². The zero-order valence-corrected chi connectivity index (χ0v) is 12.4. The minimum Gasteiger partial charge on any atom is -0.480 e. The highest BCUT2D eigenvalue weighted by Gasteiger charge is 2.23. The zero-order chi connectivity index (χ0) is 14.1. The number of thioether (sulfide) groups is 1. The van der Waals surface area contributed by atoms with Crippen LogP contribution in [0.2, 0.25) is 0 Å². The molecule has 2 N–H and O–H groups in total. The van der Waals surface area contributed by atoms with Crippen molar-refractivity contribution in [1.82, 2.24) is 10.2 Å². The van der Waals surface area contributed by atoms with Crippen LogP contribution in [0.1, 0.15) is 33.6 Å². The lowest BCUT2D eigenvalue weighted by atomic mass is 10.2. The number of hydrogen-bond acceptors (Lipinski definition) is 3. The molecule has 0 spiro atoms. The van der Waals surface area contributed by atoms with Gasteiger partial charge in [-0.25, -0.2) is 9.59 Å². The van der Waals surface area contributed by atoms with E-state index in [4.69, 9.17) is 5.11 Å². The molecule has 0 aromatic rings. The van der Waals surface area contributed by atoms with Gasteiger partial charge in [0.2, 0.25) is 0 Å². The molecule has 0 saturated heterocycles. The number of nitrogens with one attached hydrogen (secondary N) is 1. The number of hydrogen-bond donors (Lipinski definition) is 2. The maximum atomic E-state index is 12.0. The number of carbonyl (C=O) groups excluding carboxylic acids is 1. The van der Waals surface area contributed by atoms with Crippen LogP contribution in [0.4, 0.5) is 4.79 Å². The first kappa shape index (κ1) is 17.1. The summed E-state index contributed by atoms with van der Waals surface area (Å²) in [6, 6.07) is -0.978. The monoisotopic (exact) mass is 276 g/mol. The lowest BCUT2D eigenvalue weighted by Gasteiger charge is -2.28. The van der Waals surface area contributed by atoms with Crippen LogP contribution in [0.3, 0.4) is 0 Å². The smallest absolute Gasteiger partial charge is 0.326 e. The first-order valence-corrected chi connectivity index (χ1v) is 7.66. The third kappa shape index (κ3) is 5.62. The van der Waals surface area contributed by atoms with Gasteiger partial charge in [-0.05, 0) is 38.7 Å². The van der Waals surface area contributed by atoms with Crippen molar-refractivity contribution in [2.75, 3.05) is 18.6 Å². The Balaban J connectivity index is 4.51. The Morgan fingerprint density at radius 1 is 1.39 bits per heavy atom. The summed E-state index contributed by atoms with van der Waals surface area (Å²) in [5, 5.41) is 11.6. The third-order valence-electron chi connectivity index (χ3n) is 2.93. The number of carboxylic acids is 1. The SMILES string of the molecule is CCC(C)N(CC)C(=O)N[C@H](CCSC)C(=O)O. The summed E-state index contributed by atoms with van der Waals surface area (Å²) < 4.78 is 0. The average Bonchev–Trinajstić information content (AvgIpc) is 2.34. The molecular weight excluding hydrogens is 252 g/mol. The minimum absolute atomic E-state index is 0.116. The highest BCUT2D eigenvalue weighted by atomic mass is 32.2. The molecule has 0 aromatic heterocycles. The summed E-state index contributed by atoms with van der Waals surface area (Å²) >= 11 is 1.57. The van der Waals surface area contributed by atoms with Crippen molar-refractivity contribution < 1.29 is 14.7 Å². The van der Waals surface area contributed by atoms with E-state index in [0.29, 0.717) is 18.7 Å². The maximum Gasteiger partial charge on any atom is 0.326 e. The molecule has 6 heteroatoms. The molecular formula is C12H24N2O3S. The van der Waals surface area contributed by atoms with Crippen molar-refractivity contribution in [2.45, 2.75) is 45.7 Å². The number of carbonyl (C=O) groups is 2. The molecule has 0 fully saturated rings. The molecule has 0 heterocycles. The number of rotatable bonds is 8. The molecule has 106 valence electrons. The molecule has 2 atom stereocenters. The Kier molecular flexibility index (Phi) is 8.62. The Morgan fingerprint density at radius 3 is 2.39 bits per heavy atom. The van der Waals surface area contributed by atoms with Gasteiger partial charge in [0.25, 0.3) is 0 Å². The van der Waals surface area contributed by atoms with Gasteiger partial charge in [-0.15, -0.1) is 0 Å². The molecule has 0 aliphatic heterocycles. The van der Waals surface area contributed by atoms with E-state index in [1.807, 2.05) is 27.0 Å². The van der Waals surface area contributed by atoms with Gasteiger partial charge in [-0.1, -0.05) is 6.92 Å². The predicted molar refractivity (Wildman–Crippen MR) is 75.1 cm³/mol. The first-order chi connectivity index (χ1) is 8.47. The van der Waals surface area contributed by atoms with Crippen LogP contribution >= 0.6 is 11.8 Å². The topological polar surface area (TPSA) is 69.6 Å². The molecule has 0 aliphatic rings. The quantitative estimate of drug-likeness (QED) is 0.711. The summed E-state index contributed by atoms with van der Waals surface area (Å²) in [4.78, 5) is 24.7. The summed E-state index contributed by atoms with van der Waals surface area (Å²) in [5.41, 5.74) is 0. The van der Waals surface area contributed by atoms with Crippen LogP contribution in [0, 0.1) is 0 Å². The number of amides is 2. The fraction of sp³-hybridized carbons (Fsp3) is 0.833. The highest BCUT2D eigenvalue weighted by molar-refractivity contribution is 7.98. The van der Waals surface area contributed by atoms with Gasteiger partial charge < -0.3 is 15.3 Å². The molecule has 0 radical (unpaired) electrons. The van der Waals surface area contributed by atoms with Crippen LogP contribution in [0.15, 0.2) is 0 Å². The number of carboxylic acid groups (broad SMARTS) is 1. The van der Waals surface area contributed by atoms with E-state index in [2.05, 4.69) is 5.32 Å². The van der Waals surface area contributed by atoms with E-state index < -0.39 is 12.0 Å². The second-order valence-corrected chi connectivity index (χ2v) is 5.15. The largest absolute Gasteiger partial charge is 0.480 e. The second kappa shape index (κ2) is 9.08. The molecule has 5 nitrogen and oxygen atoms in total. The number of nitrogens with zero attached hydrogens (tertiary/aromatic N) is 1. The van der Waals surface area contributed by atoms with Crippen LogP contribution in [-0.2, 0) is 4.79 Å². The van der Waals surface area contributed by atoms with Crippen LogP contribution in [0.5, 0.6) is 0 Å². The molecule has 0 aliphatic carbocycles. The van der Waals surface area contributed by atoms with Crippen molar-refractivity contribution >= 4 is 23.8 Å². The van der Waals surface area contributed by atoms with E-state index in [1.165, 1.54) is 0 Å². The lowest BCUT2D eigenvalue weighted by Crippen LogP contribution is -2.50. The zero-order valence-electron chi connectivity index (χ0n) is 11.6. The van der Waals surface area contributed by atoms with Crippen molar-refractivity contribution in [3.63, 3.8) is 0 Å². The fourth-order valence-electron chi connectivity index (χ4n) is 1.60. The maximum absolute atomic E-state index is 12.0. The van der Waals surface area contributed by atoms with Crippen molar-refractivity contribution in [3.05, 3.63) is 0 Å². The summed E-state index contributed by atoms with van der Waals surface area (Å²) in [6.45, 7) is 6.43. The van der Waals surface area contributed by atoms with Crippen LogP contribution in [-0.4, -0.2) is 52.6 Å². The van der Waals surface area contributed by atoms with Gasteiger partial charge in [0.1, 0.15) is 6.04 Å². The van der Waals surface area contributed by atoms with Gasteiger partial charge in [0.05, 0.1) is 0 Å². The predicted octanol–water partition coefficient (Wildman–Crippen LogP) is 2.02. The fourth-order valence-corrected chi connectivity index (χ4v) is 2.07. The van der Waals surface area contributed by atoms with Crippen LogP contribution in [0.25, 0.3) is 0 Å². The van der Waals surface area contributed by atoms with Crippen molar-refractivity contribution in [1.29, 1.82) is 0 Å². The Labute approximate surface area is 113 Å². The highest BCUT2D eigenvalue weighted by Crippen LogP contribution is 2.06. The lowest BCUT2D eigenvalue weighted by molar-refractivity contribution is -0.139. The molecule has 0 bridgehead atoms. The van der Waals surface area contributed by atoms with E-state index in [9.17, 15) is 9.59 Å². The number of urea groups is 1. The minimum atomic E-state index is -0.974. The molecule has 2 amide bonds. The van der Waals surface area contributed by atoms with Gasteiger partial charge in [-0.2, -0.15) is 11.8 Å². The van der Waals surface area contributed by atoms with Crippen LogP contribution < -0.4 is 5.32 Å². The van der Waals surface area contributed by atoms with Crippen molar-refractivity contribution in [2.24, 2.45) is 0 Å². The van der Waals surface area contributed by atoms with E-state index >= 15 is 0 Å². The van der Waals surface area contributed by atoms with Gasteiger partial charge in [0, 0.05) is 12.6 Å². The van der Waals surface area contributed by atoms with Gasteiger partial charge in [0.15, 0.2) is 0 Å². The number of aliphatic carboxylic acids is 1. The second-order valence-electron chi connectivity index (χ2n) is 4.17. The third-order valence-corrected chi connectivity index (χ3v) is 3.57. The molecule has 18 heavy (non-hydrogen) atoms. The Bertz CT molecular complexity index is 274. The normalized spacial score (nSPS) is 13.8. The van der Waals surface area contributed by atoms with Gasteiger partial charge in [-0.3, -0.25) is 0 Å². The Hall–Kier alpha value is -0.910. The molecule has 0 saturated carbocycles. The summed E-state index contributed by atoms with van der Waals surface area (Å²) in [7, 11) is 0.